The van der Waals surface area contributed by atoms with Gasteiger partial charge in [-0.1, -0.05) is 24.3 Å². The highest BCUT2D eigenvalue weighted by atomic mass is 32.1. The Morgan fingerprint density at radius 3 is 2.64 bits per heavy atom. The maximum Gasteiger partial charge on any atom is 0.237 e. The minimum atomic E-state index is -0.730. The molecule has 2 aromatic rings. The quantitative estimate of drug-likeness (QED) is 0.645. The van der Waals surface area contributed by atoms with Crippen LogP contribution in [0.2, 0.25) is 0 Å². The molecule has 1 aliphatic heterocycles. The van der Waals surface area contributed by atoms with Crippen LogP contribution in [0.3, 0.4) is 0 Å². The number of thiazole rings is 1. The topological polar surface area (TPSA) is 94.5 Å². The molecule has 1 aromatic heterocycles. The highest BCUT2D eigenvalue weighted by Crippen LogP contribution is 2.29. The maximum atomic E-state index is 12.4. The van der Waals surface area contributed by atoms with E-state index in [0.717, 1.165) is 21.7 Å². The molecule has 0 spiro atoms. The van der Waals surface area contributed by atoms with Gasteiger partial charge >= 0.3 is 0 Å². The average molecular weight is 361 g/mol. The highest BCUT2D eigenvalue weighted by Gasteiger charge is 2.30. The predicted octanol–water partition coefficient (Wildman–Crippen LogP) is 1.38. The molecule has 1 fully saturated rings. The van der Waals surface area contributed by atoms with Gasteiger partial charge in [0.1, 0.15) is 0 Å². The van der Waals surface area contributed by atoms with Crippen molar-refractivity contribution in [2.45, 2.75) is 44.6 Å². The van der Waals surface area contributed by atoms with Crippen molar-refractivity contribution >= 4 is 17.2 Å². The van der Waals surface area contributed by atoms with E-state index in [1.807, 2.05) is 36.7 Å². The predicted molar refractivity (Wildman–Crippen MR) is 97.3 cm³/mol. The Hall–Kier alpha value is -1.80. The van der Waals surface area contributed by atoms with Crippen molar-refractivity contribution in [1.82, 2.24) is 15.6 Å². The number of carbonyl (C=O) groups excluding carboxylic acids is 1. The van der Waals surface area contributed by atoms with Crippen molar-refractivity contribution in [3.63, 3.8) is 0 Å². The molecule has 0 saturated carbocycles. The van der Waals surface area contributed by atoms with Crippen LogP contribution < -0.4 is 10.6 Å². The fraction of sp³-hybridized carbons (Fsp3) is 0.444. The number of aliphatic hydroxyl groups is 2. The molecule has 6 nitrogen and oxygen atoms in total. The van der Waals surface area contributed by atoms with Gasteiger partial charge < -0.3 is 20.8 Å². The van der Waals surface area contributed by atoms with Crippen LogP contribution >= 0.6 is 11.3 Å². The first-order valence-electron chi connectivity index (χ1n) is 8.36. The van der Waals surface area contributed by atoms with Crippen LogP contribution in [-0.2, 0) is 4.79 Å². The molecule has 0 aliphatic carbocycles. The van der Waals surface area contributed by atoms with Crippen molar-refractivity contribution < 1.29 is 15.0 Å². The molecule has 25 heavy (non-hydrogen) atoms. The number of benzene rings is 1. The number of aryl methyl sites for hydroxylation is 1. The molecule has 2 unspecified atom stereocenters. The molecule has 1 saturated heterocycles. The molecular weight excluding hydrogens is 338 g/mol. The minimum Gasteiger partial charge on any atom is -0.392 e. The van der Waals surface area contributed by atoms with E-state index in [-0.39, 0.29) is 5.91 Å². The first-order chi connectivity index (χ1) is 12.0. The molecule has 0 radical (unpaired) electrons. The lowest BCUT2D eigenvalue weighted by molar-refractivity contribution is -0.124. The maximum absolute atomic E-state index is 12.4. The summed E-state index contributed by atoms with van der Waals surface area (Å²) in [7, 11) is 0. The first kappa shape index (κ1) is 18.0. The summed E-state index contributed by atoms with van der Waals surface area (Å²) in [6.07, 6.45) is -0.837. The van der Waals surface area contributed by atoms with E-state index in [9.17, 15) is 15.0 Å². The van der Waals surface area contributed by atoms with Gasteiger partial charge in [0.05, 0.1) is 40.4 Å². The number of β-amino-alcohol motifs (C(OH)–C–C–N with tert-alkyl or cyclic N) is 1. The van der Waals surface area contributed by atoms with Gasteiger partial charge in [-0.3, -0.25) is 4.79 Å². The summed E-state index contributed by atoms with van der Waals surface area (Å²) in [5, 5.41) is 25.5. The summed E-state index contributed by atoms with van der Waals surface area (Å²) >= 11 is 1.59. The molecule has 4 N–H and O–H groups in total. The standard InChI is InChI=1S/C18H23N3O3S/c1-10-17(25-9-20-10)13-5-3-12(4-6-13)16(11(2)22)21-18(24)15-7-14(23)8-19-15/h3-6,9,11,14-16,19,22-23H,7-8H2,1-2H3,(H,21,24)/t11-,14?,15?,16-/m0/s1. The Bertz CT molecular complexity index is 729. The third kappa shape index (κ3) is 4.07. The number of nitrogens with one attached hydrogen (secondary N) is 2. The van der Waals surface area contributed by atoms with Crippen LogP contribution in [0, 0.1) is 6.92 Å². The fourth-order valence-corrected chi connectivity index (χ4v) is 3.89. The van der Waals surface area contributed by atoms with Gasteiger partial charge in [-0.15, -0.1) is 11.3 Å². The second-order valence-electron chi connectivity index (χ2n) is 6.47. The van der Waals surface area contributed by atoms with Gasteiger partial charge in [0.15, 0.2) is 0 Å². The van der Waals surface area contributed by atoms with Gasteiger partial charge in [-0.05, 0) is 31.4 Å². The minimum absolute atomic E-state index is 0.204. The van der Waals surface area contributed by atoms with Gasteiger partial charge in [0.25, 0.3) is 0 Å². The second kappa shape index (κ2) is 7.61. The van der Waals surface area contributed by atoms with Gasteiger partial charge in [0.2, 0.25) is 5.91 Å². The van der Waals surface area contributed by atoms with Crippen LogP contribution in [0.5, 0.6) is 0 Å². The fourth-order valence-electron chi connectivity index (χ4n) is 3.07. The average Bonchev–Trinajstić information content (AvgIpc) is 3.21. The van der Waals surface area contributed by atoms with Crippen molar-refractivity contribution in [2.24, 2.45) is 0 Å². The Morgan fingerprint density at radius 2 is 2.12 bits per heavy atom. The van der Waals surface area contributed by atoms with E-state index < -0.39 is 24.3 Å². The Morgan fingerprint density at radius 1 is 1.40 bits per heavy atom. The number of carbonyl (C=O) groups is 1. The molecule has 4 atom stereocenters. The third-order valence-electron chi connectivity index (χ3n) is 4.48. The van der Waals surface area contributed by atoms with Crippen LogP contribution in [0.4, 0.5) is 0 Å². The number of aromatic nitrogens is 1. The SMILES string of the molecule is Cc1ncsc1-c1ccc([C@@H](NC(=O)C2CC(O)CN2)[C@H](C)O)cc1. The molecule has 134 valence electrons. The number of rotatable bonds is 5. The summed E-state index contributed by atoms with van der Waals surface area (Å²) in [5.74, 6) is -0.204. The zero-order chi connectivity index (χ0) is 18.0. The summed E-state index contributed by atoms with van der Waals surface area (Å²) in [6.45, 7) is 4.05. The van der Waals surface area contributed by atoms with Crippen LogP contribution in [0.25, 0.3) is 10.4 Å². The molecule has 3 rings (SSSR count). The lowest BCUT2D eigenvalue weighted by Gasteiger charge is -2.24. The van der Waals surface area contributed by atoms with E-state index in [0.29, 0.717) is 13.0 Å². The van der Waals surface area contributed by atoms with E-state index in [1.165, 1.54) is 0 Å². The Kier molecular flexibility index (Phi) is 5.48. The lowest BCUT2D eigenvalue weighted by atomic mass is 9.99. The van der Waals surface area contributed by atoms with E-state index in [2.05, 4.69) is 15.6 Å². The van der Waals surface area contributed by atoms with Gasteiger partial charge in [-0.2, -0.15) is 0 Å². The third-order valence-corrected chi connectivity index (χ3v) is 5.46. The Labute approximate surface area is 150 Å². The van der Waals surface area contributed by atoms with Crippen molar-refractivity contribution in [1.29, 1.82) is 0 Å². The van der Waals surface area contributed by atoms with E-state index in [4.69, 9.17) is 0 Å². The molecule has 0 bridgehead atoms. The second-order valence-corrected chi connectivity index (χ2v) is 7.32. The monoisotopic (exact) mass is 361 g/mol. The van der Waals surface area contributed by atoms with E-state index >= 15 is 0 Å². The van der Waals surface area contributed by atoms with Crippen LogP contribution in [0.1, 0.15) is 30.6 Å². The van der Waals surface area contributed by atoms with Crippen LogP contribution in [0.15, 0.2) is 29.8 Å². The van der Waals surface area contributed by atoms with E-state index in [1.54, 1.807) is 18.3 Å². The number of hydrogen-bond donors (Lipinski definition) is 4. The summed E-state index contributed by atoms with van der Waals surface area (Å²) in [5.41, 5.74) is 4.72. The smallest absolute Gasteiger partial charge is 0.237 e. The summed E-state index contributed by atoms with van der Waals surface area (Å²) in [6, 6.07) is 6.88. The van der Waals surface area contributed by atoms with Gasteiger partial charge in [0, 0.05) is 6.54 Å². The molecular formula is C18H23N3O3S. The van der Waals surface area contributed by atoms with Crippen molar-refractivity contribution in [2.75, 3.05) is 6.54 Å². The molecule has 1 aliphatic rings. The summed E-state index contributed by atoms with van der Waals surface area (Å²) < 4.78 is 0. The highest BCUT2D eigenvalue weighted by molar-refractivity contribution is 7.13. The van der Waals surface area contributed by atoms with Crippen LogP contribution in [-0.4, -0.2) is 45.9 Å². The summed E-state index contributed by atoms with van der Waals surface area (Å²) in [4.78, 5) is 17.8. The molecule has 7 heteroatoms. The Balaban J connectivity index is 1.74. The molecule has 1 amide bonds. The molecule has 2 heterocycles. The molecule has 1 aromatic carbocycles. The van der Waals surface area contributed by atoms with Crippen molar-refractivity contribution in [3.8, 4) is 10.4 Å². The number of hydrogen-bond acceptors (Lipinski definition) is 6. The first-order valence-corrected chi connectivity index (χ1v) is 9.24. The number of aliphatic hydroxyl groups excluding tert-OH is 2. The largest absolute Gasteiger partial charge is 0.392 e. The zero-order valence-electron chi connectivity index (χ0n) is 14.3. The number of nitrogens with zero attached hydrogens (tertiary/aromatic N) is 1. The number of amides is 1. The van der Waals surface area contributed by atoms with Crippen molar-refractivity contribution in [3.05, 3.63) is 41.0 Å². The zero-order valence-corrected chi connectivity index (χ0v) is 15.1. The lowest BCUT2D eigenvalue weighted by Crippen LogP contribution is -2.44. The van der Waals surface area contributed by atoms with Gasteiger partial charge in [-0.25, -0.2) is 4.98 Å². The normalized spacial score (nSPS) is 22.6.